The lowest BCUT2D eigenvalue weighted by Gasteiger charge is -2.21. The van der Waals surface area contributed by atoms with Gasteiger partial charge in [-0.15, -0.1) is 0 Å². The molecule has 1 aromatic carbocycles. The largest absolute Gasteiger partial charge is 0.300 e. The SMILES string of the molecule is CCn1c(-c2ccncc2)nn(CN(Cc2ccc(Br)cc2)C2CC2)c1=S. The number of nitrogens with zero attached hydrogens (tertiary/aromatic N) is 5. The van der Waals surface area contributed by atoms with Gasteiger partial charge in [0.25, 0.3) is 0 Å². The number of hydrogen-bond acceptors (Lipinski definition) is 4. The quantitative estimate of drug-likeness (QED) is 0.487. The van der Waals surface area contributed by atoms with Gasteiger partial charge in [-0.1, -0.05) is 28.1 Å². The molecule has 0 amide bonds. The van der Waals surface area contributed by atoms with Gasteiger partial charge < -0.3 is 4.57 Å². The van der Waals surface area contributed by atoms with Crippen molar-refractivity contribution in [2.45, 2.75) is 45.6 Å². The smallest absolute Gasteiger partial charge is 0.199 e. The van der Waals surface area contributed by atoms with Crippen molar-refractivity contribution in [2.75, 3.05) is 0 Å². The van der Waals surface area contributed by atoms with Gasteiger partial charge in [0.1, 0.15) is 0 Å². The molecule has 0 atom stereocenters. The average molecular weight is 444 g/mol. The zero-order valence-corrected chi connectivity index (χ0v) is 17.7. The fourth-order valence-corrected chi connectivity index (χ4v) is 3.84. The lowest BCUT2D eigenvalue weighted by atomic mass is 10.2. The van der Waals surface area contributed by atoms with Crippen molar-refractivity contribution >= 4 is 28.1 Å². The Hall–Kier alpha value is -1.83. The molecule has 3 aromatic rings. The third-order valence-electron chi connectivity index (χ3n) is 4.86. The Bertz CT molecular complexity index is 960. The molecule has 1 aliphatic rings. The third-order valence-corrected chi connectivity index (χ3v) is 5.82. The molecule has 0 saturated heterocycles. The van der Waals surface area contributed by atoms with E-state index in [-0.39, 0.29) is 0 Å². The Morgan fingerprint density at radius 2 is 1.85 bits per heavy atom. The van der Waals surface area contributed by atoms with Crippen molar-refractivity contribution in [2.24, 2.45) is 0 Å². The van der Waals surface area contributed by atoms with Crippen LogP contribution >= 0.6 is 28.1 Å². The molecule has 0 N–H and O–H groups in total. The van der Waals surface area contributed by atoms with Gasteiger partial charge in [0.05, 0.1) is 6.67 Å². The maximum absolute atomic E-state index is 5.73. The van der Waals surface area contributed by atoms with Crippen LogP contribution in [-0.2, 0) is 19.8 Å². The van der Waals surface area contributed by atoms with Crippen LogP contribution < -0.4 is 0 Å². The van der Waals surface area contributed by atoms with Crippen LogP contribution in [0.4, 0.5) is 0 Å². The summed E-state index contributed by atoms with van der Waals surface area (Å²) in [4.78, 5) is 6.58. The number of benzene rings is 1. The first-order valence-electron chi connectivity index (χ1n) is 9.22. The van der Waals surface area contributed by atoms with Crippen LogP contribution in [0, 0.1) is 4.77 Å². The molecule has 2 aromatic heterocycles. The van der Waals surface area contributed by atoms with E-state index in [1.54, 1.807) is 12.4 Å². The van der Waals surface area contributed by atoms with Gasteiger partial charge in [-0.2, -0.15) is 5.10 Å². The van der Waals surface area contributed by atoms with E-state index >= 15 is 0 Å². The second-order valence-electron chi connectivity index (χ2n) is 6.83. The lowest BCUT2D eigenvalue weighted by molar-refractivity contribution is 0.186. The first-order valence-corrected chi connectivity index (χ1v) is 10.4. The van der Waals surface area contributed by atoms with Gasteiger partial charge in [0.15, 0.2) is 10.6 Å². The molecule has 0 radical (unpaired) electrons. The highest BCUT2D eigenvalue weighted by atomic mass is 79.9. The normalized spacial score (nSPS) is 14.0. The Balaban J connectivity index is 1.61. The highest BCUT2D eigenvalue weighted by Crippen LogP contribution is 2.29. The van der Waals surface area contributed by atoms with Crippen molar-refractivity contribution in [3.63, 3.8) is 0 Å². The fraction of sp³-hybridized carbons (Fsp3) is 0.350. The summed E-state index contributed by atoms with van der Waals surface area (Å²) in [6, 6.07) is 13.1. The second kappa shape index (κ2) is 8.04. The minimum absolute atomic E-state index is 0.617. The maximum atomic E-state index is 5.73. The molecule has 0 aliphatic heterocycles. The highest BCUT2D eigenvalue weighted by Gasteiger charge is 2.30. The van der Waals surface area contributed by atoms with Crippen LogP contribution in [0.1, 0.15) is 25.3 Å². The molecular weight excluding hydrogens is 422 g/mol. The first-order chi connectivity index (χ1) is 13.2. The summed E-state index contributed by atoms with van der Waals surface area (Å²) in [5.74, 6) is 0.907. The van der Waals surface area contributed by atoms with Crippen LogP contribution in [0.3, 0.4) is 0 Å². The minimum Gasteiger partial charge on any atom is -0.300 e. The Kier molecular flexibility index (Phi) is 5.52. The van der Waals surface area contributed by atoms with Crippen LogP contribution in [0.2, 0.25) is 0 Å². The van der Waals surface area contributed by atoms with Gasteiger partial charge in [-0.25, -0.2) is 4.68 Å². The molecule has 140 valence electrons. The van der Waals surface area contributed by atoms with Crippen molar-refractivity contribution in [1.82, 2.24) is 24.2 Å². The van der Waals surface area contributed by atoms with Gasteiger partial charge in [-0.3, -0.25) is 9.88 Å². The summed E-state index contributed by atoms with van der Waals surface area (Å²) in [6.45, 7) is 4.52. The molecule has 2 heterocycles. The number of halogens is 1. The molecule has 0 bridgehead atoms. The van der Waals surface area contributed by atoms with Gasteiger partial charge >= 0.3 is 0 Å². The molecule has 5 nitrogen and oxygen atoms in total. The Morgan fingerprint density at radius 1 is 1.15 bits per heavy atom. The molecule has 0 unspecified atom stereocenters. The molecule has 4 rings (SSSR count). The molecule has 7 heteroatoms. The van der Waals surface area contributed by atoms with E-state index in [1.807, 2.05) is 16.8 Å². The van der Waals surface area contributed by atoms with Gasteiger partial charge in [-0.05, 0) is 61.8 Å². The number of aromatic nitrogens is 4. The third kappa shape index (κ3) is 4.20. The van der Waals surface area contributed by atoms with Crippen LogP contribution in [-0.4, -0.2) is 30.3 Å². The average Bonchev–Trinajstić information content (AvgIpc) is 3.49. The summed E-state index contributed by atoms with van der Waals surface area (Å²) >= 11 is 9.24. The number of hydrogen-bond donors (Lipinski definition) is 0. The Morgan fingerprint density at radius 3 is 2.48 bits per heavy atom. The van der Waals surface area contributed by atoms with Crippen molar-refractivity contribution < 1.29 is 0 Å². The predicted molar refractivity (Wildman–Crippen MR) is 113 cm³/mol. The van der Waals surface area contributed by atoms with E-state index < -0.39 is 0 Å². The van der Waals surface area contributed by atoms with Crippen LogP contribution in [0.5, 0.6) is 0 Å². The predicted octanol–water partition coefficient (Wildman–Crippen LogP) is 4.88. The molecule has 0 spiro atoms. The van der Waals surface area contributed by atoms with Crippen molar-refractivity contribution in [3.8, 4) is 11.4 Å². The van der Waals surface area contributed by atoms with Crippen molar-refractivity contribution in [3.05, 3.63) is 63.6 Å². The first kappa shape index (κ1) is 18.5. The fourth-order valence-electron chi connectivity index (χ4n) is 3.26. The van der Waals surface area contributed by atoms with E-state index in [0.29, 0.717) is 12.7 Å². The highest BCUT2D eigenvalue weighted by molar-refractivity contribution is 9.10. The van der Waals surface area contributed by atoms with Gasteiger partial charge in [0.2, 0.25) is 0 Å². The second-order valence-corrected chi connectivity index (χ2v) is 8.11. The molecule has 1 aliphatic carbocycles. The maximum Gasteiger partial charge on any atom is 0.199 e. The van der Waals surface area contributed by atoms with Gasteiger partial charge in [0, 0.05) is 41.6 Å². The molecule has 1 fully saturated rings. The summed E-state index contributed by atoms with van der Waals surface area (Å²) < 4.78 is 5.93. The van der Waals surface area contributed by atoms with E-state index in [0.717, 1.165) is 33.7 Å². The minimum atomic E-state index is 0.617. The zero-order chi connectivity index (χ0) is 18.8. The summed E-state index contributed by atoms with van der Waals surface area (Å²) in [6.07, 6.45) is 6.08. The van der Waals surface area contributed by atoms with E-state index in [2.05, 4.69) is 61.6 Å². The molecular formula is C20H22BrN5S. The van der Waals surface area contributed by atoms with Crippen molar-refractivity contribution in [1.29, 1.82) is 0 Å². The standard InChI is InChI=1S/C20H22BrN5S/c1-2-25-19(16-9-11-22-12-10-16)23-26(20(25)27)14-24(18-7-8-18)13-15-3-5-17(21)6-4-15/h3-6,9-12,18H,2,7-8,13-14H2,1H3. The zero-order valence-electron chi connectivity index (χ0n) is 15.3. The van der Waals surface area contributed by atoms with E-state index in [9.17, 15) is 0 Å². The summed E-state index contributed by atoms with van der Waals surface area (Å²) in [5.41, 5.74) is 2.35. The van der Waals surface area contributed by atoms with Crippen LogP contribution in [0.15, 0.2) is 53.3 Å². The lowest BCUT2D eigenvalue weighted by Crippen LogP contribution is -2.29. The monoisotopic (exact) mass is 443 g/mol. The number of rotatable bonds is 7. The molecule has 1 saturated carbocycles. The van der Waals surface area contributed by atoms with Crippen LogP contribution in [0.25, 0.3) is 11.4 Å². The van der Waals surface area contributed by atoms with E-state index in [4.69, 9.17) is 17.3 Å². The summed E-state index contributed by atoms with van der Waals surface area (Å²) in [5, 5.41) is 4.86. The van der Waals surface area contributed by atoms with E-state index in [1.165, 1.54) is 18.4 Å². The topological polar surface area (TPSA) is 38.9 Å². The molecule has 27 heavy (non-hydrogen) atoms. The summed E-state index contributed by atoms with van der Waals surface area (Å²) in [7, 11) is 0. The number of pyridine rings is 1. The Labute approximate surface area is 172 Å².